The highest BCUT2D eigenvalue weighted by Crippen LogP contribution is 2.32. The fourth-order valence-electron chi connectivity index (χ4n) is 3.13. The lowest BCUT2D eigenvalue weighted by Gasteiger charge is -2.04. The number of nitrogens with one attached hydrogen (secondary N) is 1. The SMILES string of the molecule is COc1ccccc1/C=C\C=N\NC(=O)CSc1nnc(SCc2cccc3ccccc23)s1. The standard InChI is InChI=1S/C25H22N4O2S3/c1-31-22-14-5-3-9-19(22)12-7-15-26-27-23(30)17-33-25-29-28-24(34-25)32-16-20-11-6-10-18-8-2-4-13-21(18)20/h2-15H,16-17H2,1H3,(H,27,30)/b12-7-,26-15+. The number of fused-ring (bicyclic) bond motifs is 1. The summed E-state index contributed by atoms with van der Waals surface area (Å²) in [7, 11) is 1.63. The van der Waals surface area contributed by atoms with Crippen molar-refractivity contribution in [3.05, 3.63) is 83.9 Å². The molecule has 0 spiro atoms. The number of allylic oxidation sites excluding steroid dienone is 1. The molecule has 0 atom stereocenters. The van der Waals surface area contributed by atoms with E-state index in [1.807, 2.05) is 36.4 Å². The van der Waals surface area contributed by atoms with Crippen molar-refractivity contribution in [3.8, 4) is 5.75 Å². The summed E-state index contributed by atoms with van der Waals surface area (Å²) in [5.41, 5.74) is 4.72. The molecule has 4 aromatic rings. The monoisotopic (exact) mass is 506 g/mol. The first kappa shape index (κ1) is 24.0. The molecule has 0 saturated heterocycles. The molecule has 6 nitrogen and oxygen atoms in total. The molecule has 9 heteroatoms. The first-order chi connectivity index (χ1) is 16.7. The van der Waals surface area contributed by atoms with Gasteiger partial charge in [-0.15, -0.1) is 10.2 Å². The number of amides is 1. The van der Waals surface area contributed by atoms with Gasteiger partial charge in [0.2, 0.25) is 0 Å². The van der Waals surface area contributed by atoms with Crippen LogP contribution in [0.3, 0.4) is 0 Å². The second-order valence-corrected chi connectivity index (χ2v) is 10.4. The van der Waals surface area contributed by atoms with Crippen LogP contribution in [0, 0.1) is 0 Å². The highest BCUT2D eigenvalue weighted by atomic mass is 32.2. The first-order valence-corrected chi connectivity index (χ1v) is 13.2. The van der Waals surface area contributed by atoms with Crippen LogP contribution in [0.4, 0.5) is 0 Å². The molecule has 1 amide bonds. The third kappa shape index (κ3) is 6.69. The number of carbonyl (C=O) groups excluding carboxylic acids is 1. The predicted molar refractivity (Wildman–Crippen MR) is 143 cm³/mol. The van der Waals surface area contributed by atoms with Gasteiger partial charge in [-0.1, -0.05) is 95.5 Å². The summed E-state index contributed by atoms with van der Waals surface area (Å²) in [6.07, 6.45) is 5.14. The molecule has 0 radical (unpaired) electrons. The molecule has 0 saturated carbocycles. The quantitative estimate of drug-likeness (QED) is 0.164. The fraction of sp³-hybridized carbons (Fsp3) is 0.120. The number of aromatic nitrogens is 2. The summed E-state index contributed by atoms with van der Waals surface area (Å²) in [5, 5.41) is 14.9. The predicted octanol–water partition coefficient (Wildman–Crippen LogP) is 5.90. The van der Waals surface area contributed by atoms with Crippen molar-refractivity contribution in [1.82, 2.24) is 15.6 Å². The van der Waals surface area contributed by atoms with E-state index in [0.717, 1.165) is 25.7 Å². The topological polar surface area (TPSA) is 76.5 Å². The Balaban J connectivity index is 1.21. The maximum absolute atomic E-state index is 12.1. The zero-order chi connectivity index (χ0) is 23.6. The van der Waals surface area contributed by atoms with Crippen molar-refractivity contribution >= 4 is 63.8 Å². The number of para-hydroxylation sites is 1. The van der Waals surface area contributed by atoms with Crippen LogP contribution in [0.15, 0.2) is 86.6 Å². The van der Waals surface area contributed by atoms with Gasteiger partial charge < -0.3 is 4.74 Å². The lowest BCUT2D eigenvalue weighted by atomic mass is 10.1. The minimum Gasteiger partial charge on any atom is -0.496 e. The number of hydrogen-bond acceptors (Lipinski definition) is 8. The van der Waals surface area contributed by atoms with Crippen LogP contribution in [-0.4, -0.2) is 35.2 Å². The summed E-state index contributed by atoms with van der Waals surface area (Å²) in [4.78, 5) is 12.1. The van der Waals surface area contributed by atoms with E-state index >= 15 is 0 Å². The Morgan fingerprint density at radius 3 is 2.68 bits per heavy atom. The number of hydrogen-bond donors (Lipinski definition) is 1. The Hall–Kier alpha value is -3.14. The molecule has 172 valence electrons. The van der Waals surface area contributed by atoms with Crippen LogP contribution in [0.25, 0.3) is 16.8 Å². The van der Waals surface area contributed by atoms with E-state index in [4.69, 9.17) is 4.74 Å². The number of rotatable bonds is 10. The zero-order valence-corrected chi connectivity index (χ0v) is 20.8. The van der Waals surface area contributed by atoms with Gasteiger partial charge in [0.25, 0.3) is 5.91 Å². The average molecular weight is 507 g/mol. The number of ether oxygens (including phenoxy) is 1. The highest BCUT2D eigenvalue weighted by Gasteiger charge is 2.09. The average Bonchev–Trinajstić information content (AvgIpc) is 3.34. The van der Waals surface area contributed by atoms with E-state index in [1.165, 1.54) is 45.6 Å². The second-order valence-electron chi connectivity index (χ2n) is 6.96. The number of benzene rings is 3. The third-order valence-electron chi connectivity index (χ3n) is 4.71. The van der Waals surface area contributed by atoms with Crippen molar-refractivity contribution in [2.45, 2.75) is 14.4 Å². The van der Waals surface area contributed by atoms with Gasteiger partial charge in [0.05, 0.1) is 12.9 Å². The molecule has 0 bridgehead atoms. The molecular weight excluding hydrogens is 485 g/mol. The summed E-state index contributed by atoms with van der Waals surface area (Å²) < 4.78 is 6.94. The van der Waals surface area contributed by atoms with E-state index in [0.29, 0.717) is 0 Å². The largest absolute Gasteiger partial charge is 0.496 e. The van der Waals surface area contributed by atoms with Crippen LogP contribution in [0.2, 0.25) is 0 Å². The van der Waals surface area contributed by atoms with Crippen LogP contribution in [0.1, 0.15) is 11.1 Å². The number of hydrazone groups is 1. The fourth-order valence-corrected chi connectivity index (χ4v) is 5.95. The Kier molecular flexibility index (Phi) is 8.72. The maximum atomic E-state index is 12.1. The molecule has 0 unspecified atom stereocenters. The van der Waals surface area contributed by atoms with Crippen LogP contribution < -0.4 is 10.2 Å². The van der Waals surface area contributed by atoms with E-state index in [-0.39, 0.29) is 11.7 Å². The Labute approximate surface area is 210 Å². The van der Waals surface area contributed by atoms with E-state index in [1.54, 1.807) is 24.9 Å². The van der Waals surface area contributed by atoms with E-state index in [9.17, 15) is 4.79 Å². The van der Waals surface area contributed by atoms with Crippen LogP contribution in [-0.2, 0) is 10.5 Å². The molecule has 3 aromatic carbocycles. The molecule has 0 aliphatic heterocycles. The van der Waals surface area contributed by atoms with Crippen LogP contribution >= 0.6 is 34.9 Å². The number of nitrogens with zero attached hydrogens (tertiary/aromatic N) is 3. The molecule has 0 fully saturated rings. The molecule has 1 heterocycles. The van der Waals surface area contributed by atoms with E-state index < -0.39 is 0 Å². The van der Waals surface area contributed by atoms with Gasteiger partial charge in [-0.3, -0.25) is 4.79 Å². The number of thioether (sulfide) groups is 2. The Bertz CT molecular complexity index is 1320. The lowest BCUT2D eigenvalue weighted by Crippen LogP contribution is -2.19. The molecule has 34 heavy (non-hydrogen) atoms. The summed E-state index contributed by atoms with van der Waals surface area (Å²) in [5.74, 6) is 1.61. The highest BCUT2D eigenvalue weighted by molar-refractivity contribution is 8.03. The van der Waals surface area contributed by atoms with E-state index in [2.05, 4.69) is 57.1 Å². The summed E-state index contributed by atoms with van der Waals surface area (Å²) in [6, 6.07) is 22.4. The molecule has 0 aliphatic rings. The normalized spacial score (nSPS) is 11.4. The minimum absolute atomic E-state index is 0.202. The maximum Gasteiger partial charge on any atom is 0.250 e. The van der Waals surface area contributed by atoms with Crippen molar-refractivity contribution < 1.29 is 9.53 Å². The number of methoxy groups -OCH3 is 1. The van der Waals surface area contributed by atoms with Gasteiger partial charge >= 0.3 is 0 Å². The second kappa shape index (κ2) is 12.4. The smallest absolute Gasteiger partial charge is 0.250 e. The molecular formula is C25H22N4O2S3. The van der Waals surface area contributed by atoms with Crippen molar-refractivity contribution in [1.29, 1.82) is 0 Å². The van der Waals surface area contributed by atoms with Gasteiger partial charge in [0, 0.05) is 17.5 Å². The minimum atomic E-state index is -0.202. The van der Waals surface area contributed by atoms with Crippen molar-refractivity contribution in [2.24, 2.45) is 5.10 Å². The van der Waals surface area contributed by atoms with Gasteiger partial charge in [0.1, 0.15) is 5.75 Å². The van der Waals surface area contributed by atoms with Crippen LogP contribution in [0.5, 0.6) is 5.75 Å². The van der Waals surface area contributed by atoms with Crippen molar-refractivity contribution in [3.63, 3.8) is 0 Å². The summed E-state index contributed by atoms with van der Waals surface area (Å²) >= 11 is 4.50. The third-order valence-corrected chi connectivity index (χ3v) is 7.95. The first-order valence-electron chi connectivity index (χ1n) is 10.4. The summed E-state index contributed by atoms with van der Waals surface area (Å²) in [6.45, 7) is 0. The molecule has 1 aromatic heterocycles. The Morgan fingerprint density at radius 2 is 1.79 bits per heavy atom. The van der Waals surface area contributed by atoms with Gasteiger partial charge in [-0.2, -0.15) is 5.10 Å². The lowest BCUT2D eigenvalue weighted by molar-refractivity contribution is -0.118. The van der Waals surface area contributed by atoms with Gasteiger partial charge in [-0.25, -0.2) is 5.43 Å². The zero-order valence-electron chi connectivity index (χ0n) is 18.4. The molecule has 0 aliphatic carbocycles. The number of carbonyl (C=O) groups is 1. The molecule has 1 N–H and O–H groups in total. The van der Waals surface area contributed by atoms with Crippen molar-refractivity contribution in [2.75, 3.05) is 12.9 Å². The Morgan fingerprint density at radius 1 is 1.03 bits per heavy atom. The van der Waals surface area contributed by atoms with Gasteiger partial charge in [-0.05, 0) is 34.6 Å². The molecule has 4 rings (SSSR count). The van der Waals surface area contributed by atoms with Gasteiger partial charge in [0.15, 0.2) is 8.68 Å².